The maximum absolute atomic E-state index is 12.0. The minimum Gasteiger partial charge on any atom is -0.268 e. The van der Waals surface area contributed by atoms with Crippen molar-refractivity contribution in [2.75, 3.05) is 14.1 Å². The van der Waals surface area contributed by atoms with Gasteiger partial charge in [-0.3, -0.25) is 4.31 Å². The van der Waals surface area contributed by atoms with Gasteiger partial charge in [-0.15, -0.1) is 0 Å². The van der Waals surface area contributed by atoms with Crippen LogP contribution in [0, 0.1) is 0 Å². The maximum Gasteiger partial charge on any atom is 0.303 e. The summed E-state index contributed by atoms with van der Waals surface area (Å²) in [6, 6.07) is 9.44. The summed E-state index contributed by atoms with van der Waals surface area (Å²) in [4.78, 5) is 0. The Morgan fingerprint density at radius 2 is 1.71 bits per heavy atom. The molecule has 1 aromatic carbocycles. The van der Waals surface area contributed by atoms with Crippen molar-refractivity contribution in [3.63, 3.8) is 0 Å². The summed E-state index contributed by atoms with van der Waals surface area (Å²) >= 11 is 0. The fourth-order valence-electron chi connectivity index (χ4n) is 2.16. The number of hydrogen-bond acceptors (Lipinski definition) is 2. The van der Waals surface area contributed by atoms with Crippen molar-refractivity contribution in [2.45, 2.75) is 13.0 Å². The first-order valence-electron chi connectivity index (χ1n) is 5.39. The van der Waals surface area contributed by atoms with E-state index in [-0.39, 0.29) is 6.04 Å². The van der Waals surface area contributed by atoms with E-state index < -0.39 is 10.2 Å². The molecule has 0 aromatic heterocycles. The Hall–Kier alpha value is -1.33. The average molecular weight is 252 g/mol. The largest absolute Gasteiger partial charge is 0.303 e. The Morgan fingerprint density at radius 1 is 1.12 bits per heavy atom. The lowest BCUT2D eigenvalue weighted by Gasteiger charge is -2.36. The van der Waals surface area contributed by atoms with Gasteiger partial charge in [0.25, 0.3) is 0 Å². The molecule has 1 heterocycles. The van der Waals surface area contributed by atoms with Gasteiger partial charge in [0.1, 0.15) is 0 Å². The molecule has 92 valence electrons. The van der Waals surface area contributed by atoms with Crippen LogP contribution in [0.2, 0.25) is 0 Å². The summed E-state index contributed by atoms with van der Waals surface area (Å²) in [6.07, 6.45) is 1.67. The highest BCUT2D eigenvalue weighted by Gasteiger charge is 2.35. The highest BCUT2D eigenvalue weighted by Crippen LogP contribution is 2.33. The molecule has 0 saturated heterocycles. The molecule has 5 heteroatoms. The first kappa shape index (κ1) is 12.1. The first-order valence-corrected chi connectivity index (χ1v) is 6.78. The van der Waals surface area contributed by atoms with Gasteiger partial charge in [0.05, 0.1) is 6.04 Å². The highest BCUT2D eigenvalue weighted by molar-refractivity contribution is 7.86. The van der Waals surface area contributed by atoms with Crippen molar-refractivity contribution in [1.82, 2.24) is 8.61 Å². The van der Waals surface area contributed by atoms with Gasteiger partial charge in [0.15, 0.2) is 0 Å². The zero-order chi connectivity index (χ0) is 12.6. The number of benzene rings is 1. The van der Waals surface area contributed by atoms with E-state index in [2.05, 4.69) is 0 Å². The Balaban J connectivity index is 2.52. The van der Waals surface area contributed by atoms with Crippen LogP contribution in [0.4, 0.5) is 0 Å². The van der Waals surface area contributed by atoms with Gasteiger partial charge in [-0.25, -0.2) is 0 Å². The van der Waals surface area contributed by atoms with Crippen LogP contribution in [0.5, 0.6) is 0 Å². The van der Waals surface area contributed by atoms with Crippen LogP contribution >= 0.6 is 0 Å². The lowest BCUT2D eigenvalue weighted by molar-refractivity contribution is 0.361. The molecule has 0 fully saturated rings. The van der Waals surface area contributed by atoms with Gasteiger partial charge in [-0.05, 0) is 18.1 Å². The second kappa shape index (κ2) is 4.16. The average Bonchev–Trinajstić information content (AvgIpc) is 2.28. The second-order valence-electron chi connectivity index (χ2n) is 4.23. The zero-order valence-corrected chi connectivity index (χ0v) is 11.0. The summed E-state index contributed by atoms with van der Waals surface area (Å²) < 4.78 is 26.8. The van der Waals surface area contributed by atoms with Gasteiger partial charge in [0, 0.05) is 20.3 Å². The molecule has 1 aromatic rings. The third kappa shape index (κ3) is 1.96. The third-order valence-electron chi connectivity index (χ3n) is 3.02. The summed E-state index contributed by atoms with van der Waals surface area (Å²) in [6.45, 7) is 1.94. The van der Waals surface area contributed by atoms with Crippen molar-refractivity contribution in [2.24, 2.45) is 0 Å². The van der Waals surface area contributed by atoms with Gasteiger partial charge in [0.2, 0.25) is 0 Å². The van der Waals surface area contributed by atoms with Crippen LogP contribution in [0.1, 0.15) is 18.5 Å². The molecule has 1 unspecified atom stereocenters. The molecule has 0 saturated carbocycles. The van der Waals surface area contributed by atoms with Gasteiger partial charge < -0.3 is 0 Å². The summed E-state index contributed by atoms with van der Waals surface area (Å²) in [5, 5.41) is 0. The predicted molar refractivity (Wildman–Crippen MR) is 67.4 cm³/mol. The van der Waals surface area contributed by atoms with Gasteiger partial charge in [-0.1, -0.05) is 30.3 Å². The minimum absolute atomic E-state index is 0.211. The molecule has 4 nitrogen and oxygen atoms in total. The molecule has 0 radical (unpaired) electrons. The van der Waals surface area contributed by atoms with E-state index in [9.17, 15) is 8.42 Å². The van der Waals surface area contributed by atoms with Crippen molar-refractivity contribution < 1.29 is 8.42 Å². The summed E-state index contributed by atoms with van der Waals surface area (Å²) in [5.74, 6) is 0. The number of nitrogens with zero attached hydrogens (tertiary/aromatic N) is 2. The Kier molecular flexibility index (Phi) is 2.97. The van der Waals surface area contributed by atoms with Gasteiger partial charge >= 0.3 is 10.2 Å². The Bertz CT molecular complexity index is 537. The minimum atomic E-state index is -3.38. The number of likely N-dealkylation sites (N-methyl/N-ethyl adjacent to an activating group) is 1. The lowest BCUT2D eigenvalue weighted by atomic mass is 10.0. The molecule has 1 atom stereocenters. The molecular formula is C12H16N2O2S. The molecule has 0 spiro atoms. The maximum atomic E-state index is 12.0. The first-order chi connectivity index (χ1) is 7.94. The quantitative estimate of drug-likeness (QED) is 0.764. The van der Waals surface area contributed by atoms with Crippen molar-refractivity contribution in [3.05, 3.63) is 47.7 Å². The zero-order valence-electron chi connectivity index (χ0n) is 10.2. The molecule has 0 bridgehead atoms. The normalized spacial score (nSPS) is 24.5. The summed E-state index contributed by atoms with van der Waals surface area (Å²) in [7, 11) is -0.217. The molecule has 0 amide bonds. The SMILES string of the molecule is CC1=CN(C)S(=O)(=O)N(C)C1c1ccccc1. The van der Waals surface area contributed by atoms with Crippen LogP contribution in [0.25, 0.3) is 0 Å². The Labute approximate surface area is 102 Å². The fraction of sp³-hybridized carbons (Fsp3) is 0.333. The fourth-order valence-corrected chi connectivity index (χ4v) is 3.42. The van der Waals surface area contributed by atoms with Crippen LogP contribution < -0.4 is 0 Å². The monoisotopic (exact) mass is 252 g/mol. The third-order valence-corrected chi connectivity index (χ3v) is 4.80. The van der Waals surface area contributed by atoms with Gasteiger partial charge in [-0.2, -0.15) is 12.7 Å². The van der Waals surface area contributed by atoms with E-state index in [0.29, 0.717) is 0 Å². The van der Waals surface area contributed by atoms with E-state index in [0.717, 1.165) is 11.1 Å². The van der Waals surface area contributed by atoms with E-state index in [4.69, 9.17) is 0 Å². The van der Waals surface area contributed by atoms with Crippen LogP contribution in [0.15, 0.2) is 42.1 Å². The Morgan fingerprint density at radius 3 is 2.29 bits per heavy atom. The standard InChI is InChI=1S/C12H16N2O2S/c1-10-9-13(2)17(15,16)14(3)12(10)11-7-5-4-6-8-11/h4-9,12H,1-3H3. The van der Waals surface area contributed by atoms with E-state index in [1.54, 1.807) is 20.3 Å². The lowest BCUT2D eigenvalue weighted by Crippen LogP contribution is -2.43. The predicted octanol–water partition coefficient (Wildman–Crippen LogP) is 1.75. The van der Waals surface area contributed by atoms with Crippen LogP contribution in [0.3, 0.4) is 0 Å². The molecule has 2 rings (SSSR count). The molecule has 0 N–H and O–H groups in total. The van der Waals surface area contributed by atoms with Crippen molar-refractivity contribution in [1.29, 1.82) is 0 Å². The molecule has 1 aliphatic rings. The molecule has 17 heavy (non-hydrogen) atoms. The van der Waals surface area contributed by atoms with Crippen LogP contribution in [-0.4, -0.2) is 31.1 Å². The van der Waals surface area contributed by atoms with Crippen LogP contribution in [-0.2, 0) is 10.2 Å². The second-order valence-corrected chi connectivity index (χ2v) is 6.27. The number of rotatable bonds is 1. The molecule has 1 aliphatic heterocycles. The van der Waals surface area contributed by atoms with E-state index >= 15 is 0 Å². The number of hydrogen-bond donors (Lipinski definition) is 0. The van der Waals surface area contributed by atoms with Crippen molar-refractivity contribution in [3.8, 4) is 0 Å². The molecular weight excluding hydrogens is 236 g/mol. The molecule has 0 aliphatic carbocycles. The highest BCUT2D eigenvalue weighted by atomic mass is 32.2. The smallest absolute Gasteiger partial charge is 0.268 e. The topological polar surface area (TPSA) is 40.6 Å². The van der Waals surface area contributed by atoms with Crippen molar-refractivity contribution >= 4 is 10.2 Å². The summed E-state index contributed by atoms with van der Waals surface area (Å²) in [5.41, 5.74) is 2.00. The van der Waals surface area contributed by atoms with E-state index in [1.807, 2.05) is 37.3 Å². The van der Waals surface area contributed by atoms with E-state index in [1.165, 1.54) is 8.61 Å².